The number of rotatable bonds is 1. The summed E-state index contributed by atoms with van der Waals surface area (Å²) in [6.45, 7) is 5.75. The molecule has 0 saturated carbocycles. The van der Waals surface area contributed by atoms with Crippen LogP contribution in [0.4, 0.5) is 0 Å². The molecule has 17 heavy (non-hydrogen) atoms. The Kier molecular flexibility index (Phi) is 3.19. The van der Waals surface area contributed by atoms with Gasteiger partial charge in [0.05, 0.1) is 17.2 Å². The van der Waals surface area contributed by atoms with E-state index in [-0.39, 0.29) is 11.8 Å². The number of nitriles is 1. The first-order valence-corrected chi connectivity index (χ1v) is 6.02. The summed E-state index contributed by atoms with van der Waals surface area (Å²) in [6, 6.07) is 9.39. The van der Waals surface area contributed by atoms with Gasteiger partial charge in [-0.15, -0.1) is 0 Å². The average molecular weight is 230 g/mol. The van der Waals surface area contributed by atoms with Crippen LogP contribution in [0.2, 0.25) is 0 Å². The molecule has 1 aliphatic rings. The van der Waals surface area contributed by atoms with Gasteiger partial charge in [0.25, 0.3) is 0 Å². The molecule has 0 aliphatic carbocycles. The molecule has 1 aliphatic heterocycles. The molecule has 1 aromatic rings. The third kappa shape index (κ3) is 1.95. The highest BCUT2D eigenvalue weighted by atomic mass is 16.3. The zero-order valence-corrected chi connectivity index (χ0v) is 10.3. The Hall–Kier alpha value is -1.37. The van der Waals surface area contributed by atoms with Crippen molar-refractivity contribution in [1.29, 1.82) is 5.26 Å². The van der Waals surface area contributed by atoms with Crippen LogP contribution < -0.4 is 5.32 Å². The normalized spacial score (nSPS) is 33.1. The summed E-state index contributed by atoms with van der Waals surface area (Å²) in [7, 11) is 0. The highest BCUT2D eigenvalue weighted by molar-refractivity contribution is 5.35. The Bertz CT molecular complexity index is 423. The van der Waals surface area contributed by atoms with Crippen molar-refractivity contribution in [3.05, 3.63) is 35.4 Å². The molecule has 1 saturated heterocycles. The molecule has 0 radical (unpaired) electrons. The first kappa shape index (κ1) is 12.1. The fraction of sp³-hybridized carbons (Fsp3) is 0.500. The summed E-state index contributed by atoms with van der Waals surface area (Å²) in [5.74, 6) is 0.332. The molecular weight excluding hydrogens is 212 g/mol. The SMILES string of the molecule is C[C@@H]1CNC[C@H](C)C1(O)c1ccc(C#N)cc1. The van der Waals surface area contributed by atoms with Crippen LogP contribution in [0.5, 0.6) is 0 Å². The molecular formula is C14H18N2O. The minimum atomic E-state index is -0.792. The molecule has 2 rings (SSSR count). The molecule has 3 atom stereocenters. The van der Waals surface area contributed by atoms with Gasteiger partial charge in [0.15, 0.2) is 0 Å². The highest BCUT2D eigenvalue weighted by Crippen LogP contribution is 2.38. The summed E-state index contributed by atoms with van der Waals surface area (Å²) in [6.07, 6.45) is 0. The quantitative estimate of drug-likeness (QED) is 0.771. The zero-order chi connectivity index (χ0) is 12.5. The maximum Gasteiger partial charge on any atom is 0.0991 e. The van der Waals surface area contributed by atoms with Crippen molar-refractivity contribution in [2.45, 2.75) is 19.4 Å². The Labute approximate surface area is 102 Å². The fourth-order valence-corrected chi connectivity index (χ4v) is 2.69. The zero-order valence-electron chi connectivity index (χ0n) is 10.3. The van der Waals surface area contributed by atoms with E-state index in [1.54, 1.807) is 12.1 Å². The molecule has 2 N–H and O–H groups in total. The molecule has 1 unspecified atom stereocenters. The molecule has 3 nitrogen and oxygen atoms in total. The molecule has 90 valence electrons. The third-order valence-electron chi connectivity index (χ3n) is 3.88. The molecule has 0 spiro atoms. The van der Waals surface area contributed by atoms with Crippen molar-refractivity contribution < 1.29 is 5.11 Å². The second kappa shape index (κ2) is 4.48. The Morgan fingerprint density at radius 1 is 1.24 bits per heavy atom. The topological polar surface area (TPSA) is 56.0 Å². The largest absolute Gasteiger partial charge is 0.385 e. The van der Waals surface area contributed by atoms with E-state index in [9.17, 15) is 5.11 Å². The number of nitrogens with one attached hydrogen (secondary N) is 1. The van der Waals surface area contributed by atoms with Crippen LogP contribution >= 0.6 is 0 Å². The van der Waals surface area contributed by atoms with Gasteiger partial charge in [-0.25, -0.2) is 0 Å². The lowest BCUT2D eigenvalue weighted by molar-refractivity contribution is -0.0806. The average Bonchev–Trinajstić information content (AvgIpc) is 2.36. The second-order valence-corrected chi connectivity index (χ2v) is 4.97. The second-order valence-electron chi connectivity index (χ2n) is 4.97. The number of hydrogen-bond acceptors (Lipinski definition) is 3. The van der Waals surface area contributed by atoms with Crippen LogP contribution in [0, 0.1) is 23.2 Å². The van der Waals surface area contributed by atoms with E-state index >= 15 is 0 Å². The lowest BCUT2D eigenvalue weighted by Gasteiger charge is -2.44. The van der Waals surface area contributed by atoms with Crippen LogP contribution in [0.1, 0.15) is 25.0 Å². The smallest absolute Gasteiger partial charge is 0.0991 e. The number of nitrogens with zero attached hydrogens (tertiary/aromatic N) is 1. The molecule has 0 amide bonds. The minimum absolute atomic E-state index is 0.166. The van der Waals surface area contributed by atoms with Gasteiger partial charge < -0.3 is 10.4 Å². The highest BCUT2D eigenvalue weighted by Gasteiger charge is 2.43. The van der Waals surface area contributed by atoms with Crippen LogP contribution in [-0.2, 0) is 5.60 Å². The number of benzene rings is 1. The Morgan fingerprint density at radius 2 is 1.76 bits per heavy atom. The Morgan fingerprint density at radius 3 is 2.24 bits per heavy atom. The number of aliphatic hydroxyl groups is 1. The monoisotopic (exact) mass is 230 g/mol. The van der Waals surface area contributed by atoms with E-state index in [1.807, 2.05) is 12.1 Å². The van der Waals surface area contributed by atoms with Gasteiger partial charge in [-0.3, -0.25) is 0 Å². The third-order valence-corrected chi connectivity index (χ3v) is 3.88. The van der Waals surface area contributed by atoms with Crippen LogP contribution in [0.15, 0.2) is 24.3 Å². The molecule has 0 bridgehead atoms. The van der Waals surface area contributed by atoms with Crippen molar-refractivity contribution in [1.82, 2.24) is 5.32 Å². The molecule has 1 aromatic carbocycles. The minimum Gasteiger partial charge on any atom is -0.385 e. The molecule has 0 aromatic heterocycles. The maximum absolute atomic E-state index is 10.9. The standard InChI is InChI=1S/C14H18N2O/c1-10-8-16-9-11(2)14(10,17)13-5-3-12(7-15)4-6-13/h3-6,10-11,16-17H,8-9H2,1-2H3/t10-,11+,14?. The van der Waals surface area contributed by atoms with Gasteiger partial charge in [-0.2, -0.15) is 5.26 Å². The van der Waals surface area contributed by atoms with E-state index in [0.29, 0.717) is 5.56 Å². The van der Waals surface area contributed by atoms with E-state index in [4.69, 9.17) is 5.26 Å². The summed E-state index contributed by atoms with van der Waals surface area (Å²) in [5.41, 5.74) is 0.753. The van der Waals surface area contributed by atoms with Gasteiger partial charge in [0.1, 0.15) is 0 Å². The molecule has 3 heteroatoms. The van der Waals surface area contributed by atoms with E-state index < -0.39 is 5.60 Å². The van der Waals surface area contributed by atoms with Crippen molar-refractivity contribution in [3.63, 3.8) is 0 Å². The van der Waals surface area contributed by atoms with Crippen LogP contribution in [0.3, 0.4) is 0 Å². The van der Waals surface area contributed by atoms with Crippen molar-refractivity contribution >= 4 is 0 Å². The van der Waals surface area contributed by atoms with E-state index in [1.165, 1.54) is 0 Å². The summed E-state index contributed by atoms with van der Waals surface area (Å²) in [4.78, 5) is 0. The lowest BCUT2D eigenvalue weighted by atomic mass is 9.71. The van der Waals surface area contributed by atoms with Gasteiger partial charge in [-0.05, 0) is 17.7 Å². The first-order chi connectivity index (χ1) is 8.09. The summed E-state index contributed by atoms with van der Waals surface area (Å²) >= 11 is 0. The predicted molar refractivity (Wildman–Crippen MR) is 66.3 cm³/mol. The number of hydrogen-bond donors (Lipinski definition) is 2. The van der Waals surface area contributed by atoms with Crippen molar-refractivity contribution in [2.24, 2.45) is 11.8 Å². The number of piperidine rings is 1. The predicted octanol–water partition coefficient (Wildman–Crippen LogP) is 1.62. The van der Waals surface area contributed by atoms with Crippen molar-refractivity contribution in [3.8, 4) is 6.07 Å². The van der Waals surface area contributed by atoms with Crippen LogP contribution in [-0.4, -0.2) is 18.2 Å². The summed E-state index contributed by atoms with van der Waals surface area (Å²) < 4.78 is 0. The van der Waals surface area contributed by atoms with E-state index in [0.717, 1.165) is 18.7 Å². The van der Waals surface area contributed by atoms with E-state index in [2.05, 4.69) is 25.2 Å². The molecule has 1 fully saturated rings. The first-order valence-electron chi connectivity index (χ1n) is 6.02. The van der Waals surface area contributed by atoms with Gasteiger partial charge in [0.2, 0.25) is 0 Å². The fourth-order valence-electron chi connectivity index (χ4n) is 2.69. The van der Waals surface area contributed by atoms with Gasteiger partial charge in [-0.1, -0.05) is 26.0 Å². The van der Waals surface area contributed by atoms with Crippen molar-refractivity contribution in [2.75, 3.05) is 13.1 Å². The lowest BCUT2D eigenvalue weighted by Crippen LogP contribution is -2.52. The Balaban J connectivity index is 2.38. The summed E-state index contributed by atoms with van der Waals surface area (Å²) in [5, 5.41) is 23.0. The van der Waals surface area contributed by atoms with Crippen LogP contribution in [0.25, 0.3) is 0 Å². The van der Waals surface area contributed by atoms with Gasteiger partial charge >= 0.3 is 0 Å². The van der Waals surface area contributed by atoms with Gasteiger partial charge in [0, 0.05) is 24.9 Å². The maximum atomic E-state index is 10.9. The molecule has 1 heterocycles.